The molecule has 184 valence electrons. The first kappa shape index (κ1) is 22.1. The van der Waals surface area contributed by atoms with Crippen LogP contribution in [0, 0.1) is 0 Å². The van der Waals surface area contributed by atoms with Gasteiger partial charge in [0.15, 0.2) is 0 Å². The van der Waals surface area contributed by atoms with E-state index >= 15 is 0 Å². The summed E-state index contributed by atoms with van der Waals surface area (Å²) in [4.78, 5) is 24.7. The number of hydrogen-bond donors (Lipinski definition) is 2. The van der Waals surface area contributed by atoms with Crippen LogP contribution in [0.15, 0.2) is 91.0 Å². The highest BCUT2D eigenvalue weighted by molar-refractivity contribution is 6.99. The van der Waals surface area contributed by atoms with Crippen LogP contribution in [0.3, 0.4) is 0 Å². The number of carboxylic acid groups (broad SMARTS) is 1. The van der Waals surface area contributed by atoms with Gasteiger partial charge in [-0.25, -0.2) is 4.79 Å². The third-order valence-electron chi connectivity index (χ3n) is 5.57. The Morgan fingerprint density at radius 3 is 1.89 bits per heavy atom. The second-order valence-electron chi connectivity index (χ2n) is 9.05. The van der Waals surface area contributed by atoms with Crippen LogP contribution < -0.4 is 15.7 Å². The number of aliphatic carboxylic acids is 1. The number of nitrogens with one attached hydrogen (secondary N) is 1. The number of carboxylic acids is 1. The van der Waals surface area contributed by atoms with Gasteiger partial charge in [0.25, 0.3) is 8.32 Å². The molecule has 0 spiro atoms. The van der Waals surface area contributed by atoms with Crippen LogP contribution in [0.2, 0.25) is 5.04 Å². The molecule has 0 aliphatic heterocycles. The summed E-state index contributed by atoms with van der Waals surface area (Å²) in [7, 11) is -3.27. The van der Waals surface area contributed by atoms with E-state index in [1.165, 1.54) is 0 Å². The molecule has 3 rings (SSSR count). The molecule has 2 N–H and O–H groups in total. The topological polar surface area (TPSA) is 84.9 Å². The Balaban J connectivity index is 2.01. The van der Waals surface area contributed by atoms with E-state index in [-0.39, 0.29) is 6.61 Å². The van der Waals surface area contributed by atoms with Gasteiger partial charge in [0, 0.05) is 2.74 Å². The molecular weight excluding hydrogens is 458 g/mol. The van der Waals surface area contributed by atoms with Crippen molar-refractivity contribution in [2.24, 2.45) is 0 Å². The molecule has 0 aliphatic rings. The lowest BCUT2D eigenvalue weighted by molar-refractivity contribution is -0.137. The Morgan fingerprint density at radius 1 is 0.943 bits per heavy atom. The van der Waals surface area contributed by atoms with Crippen molar-refractivity contribution in [2.75, 3.05) is 6.61 Å². The van der Waals surface area contributed by atoms with Crippen LogP contribution in [-0.4, -0.2) is 38.1 Å². The number of carbonyl (C=O) groups is 2. The first-order chi connectivity index (χ1) is 17.8. The molecule has 0 bridgehead atoms. The van der Waals surface area contributed by atoms with Gasteiger partial charge in [0.2, 0.25) is 0 Å². The quantitative estimate of drug-likeness (QED) is 0.410. The van der Waals surface area contributed by atoms with E-state index < -0.39 is 44.4 Å². The molecule has 0 fully saturated rings. The molecule has 0 saturated carbocycles. The molecule has 0 aromatic heterocycles. The normalized spacial score (nSPS) is 15.1. The predicted molar refractivity (Wildman–Crippen MR) is 139 cm³/mol. The molecule has 0 unspecified atom stereocenters. The minimum atomic E-state index is -3.27. The second kappa shape index (κ2) is 11.8. The maximum atomic E-state index is 12.7. The van der Waals surface area contributed by atoms with Gasteiger partial charge < -0.3 is 19.6 Å². The summed E-state index contributed by atoms with van der Waals surface area (Å²) >= 11 is 0. The van der Waals surface area contributed by atoms with Gasteiger partial charge in [0.05, 0.1) is 20.4 Å². The van der Waals surface area contributed by atoms with E-state index in [9.17, 15) is 14.7 Å². The Labute approximate surface area is 212 Å². The van der Waals surface area contributed by atoms with Gasteiger partial charge in [-0.15, -0.1) is 0 Å². The Morgan fingerprint density at radius 2 is 1.43 bits per heavy atom. The first-order valence-electron chi connectivity index (χ1n) is 12.8. The summed E-state index contributed by atoms with van der Waals surface area (Å²) in [6.07, 6.45) is -4.33. The standard InChI is InChI=1S/C28H33NO5Si/c1-28(2,3)35(24-15-9-5-10-16-24,25-17-11-6-12-18-25)34-21-23(19-26(30)31)29-27(32)33-20-22-13-7-4-8-14-22/h4-18,23H,19-21H2,1-3H3,(H,29,32)(H,30,31)/t23-/m0/s1/i19D2,23D. The van der Waals surface area contributed by atoms with Crippen molar-refractivity contribution in [3.05, 3.63) is 96.6 Å². The average molecular weight is 495 g/mol. The van der Waals surface area contributed by atoms with Gasteiger partial charge in [-0.1, -0.05) is 112 Å². The summed E-state index contributed by atoms with van der Waals surface area (Å²) in [5.74, 6) is -1.90. The van der Waals surface area contributed by atoms with Crippen LogP contribution >= 0.6 is 0 Å². The zero-order valence-corrected chi connectivity index (χ0v) is 21.2. The molecule has 0 aliphatic carbocycles. The fraction of sp³-hybridized carbons (Fsp3) is 0.286. The van der Waals surface area contributed by atoms with Crippen molar-refractivity contribution in [2.45, 2.75) is 44.8 Å². The lowest BCUT2D eigenvalue weighted by Gasteiger charge is -2.43. The fourth-order valence-corrected chi connectivity index (χ4v) is 8.57. The van der Waals surface area contributed by atoms with Gasteiger partial charge >= 0.3 is 12.1 Å². The second-order valence-corrected chi connectivity index (χ2v) is 13.4. The Kier molecular flexibility index (Phi) is 7.45. The van der Waals surface area contributed by atoms with E-state index in [0.29, 0.717) is 5.56 Å². The molecule has 6 nitrogen and oxygen atoms in total. The molecular formula is C28H33NO5Si. The summed E-state index contributed by atoms with van der Waals surface area (Å²) in [6, 6.07) is 25.0. The largest absolute Gasteiger partial charge is 0.481 e. The lowest BCUT2D eigenvalue weighted by Crippen LogP contribution is -2.67. The number of ether oxygens (including phenoxy) is 1. The summed E-state index contributed by atoms with van der Waals surface area (Å²) in [6.45, 7) is 5.13. The van der Waals surface area contributed by atoms with Gasteiger partial charge in [0.1, 0.15) is 6.61 Å². The van der Waals surface area contributed by atoms with Gasteiger partial charge in [-0.05, 0) is 21.0 Å². The minimum Gasteiger partial charge on any atom is -0.481 e. The van der Waals surface area contributed by atoms with Crippen molar-refractivity contribution in [1.29, 1.82) is 0 Å². The van der Waals surface area contributed by atoms with Gasteiger partial charge in [-0.2, -0.15) is 0 Å². The monoisotopic (exact) mass is 494 g/mol. The Hall–Kier alpha value is -3.42. The summed E-state index contributed by atoms with van der Waals surface area (Å²) in [5, 5.41) is 13.1. The van der Waals surface area contributed by atoms with Crippen LogP contribution in [0.1, 0.15) is 36.8 Å². The average Bonchev–Trinajstić information content (AvgIpc) is 2.88. The number of benzene rings is 3. The SMILES string of the molecule is [2H]C([2H])(C(=O)O)[C@@]([2H])(CO[Si](c1ccccc1)(c1ccccc1)C(C)(C)C)NC(=O)OCc1ccccc1. The van der Waals surface area contributed by atoms with Crippen LogP contribution in [0.5, 0.6) is 0 Å². The number of alkyl carbamates (subject to hydrolysis) is 1. The maximum absolute atomic E-state index is 12.7. The smallest absolute Gasteiger partial charge is 0.407 e. The third-order valence-corrected chi connectivity index (χ3v) is 10.6. The van der Waals surface area contributed by atoms with E-state index in [2.05, 4.69) is 5.32 Å². The van der Waals surface area contributed by atoms with Crippen LogP contribution in [0.4, 0.5) is 4.79 Å². The molecule has 3 aromatic rings. The zero-order valence-electron chi connectivity index (χ0n) is 23.2. The third kappa shape index (κ3) is 6.80. The zero-order chi connectivity index (χ0) is 28.0. The van der Waals surface area contributed by atoms with Gasteiger partial charge in [-0.3, -0.25) is 4.79 Å². The van der Waals surface area contributed by atoms with Crippen molar-refractivity contribution >= 4 is 30.8 Å². The van der Waals surface area contributed by atoms with Crippen molar-refractivity contribution in [1.82, 2.24) is 5.32 Å². The summed E-state index contributed by atoms with van der Waals surface area (Å²) in [5.41, 5.74) is 0.683. The van der Waals surface area contributed by atoms with Crippen molar-refractivity contribution in [3.63, 3.8) is 0 Å². The molecule has 0 heterocycles. The molecule has 3 aromatic carbocycles. The predicted octanol–water partition coefficient (Wildman–Crippen LogP) is 4.33. The highest BCUT2D eigenvalue weighted by Gasteiger charge is 2.50. The highest BCUT2D eigenvalue weighted by Crippen LogP contribution is 2.36. The van der Waals surface area contributed by atoms with E-state index in [0.717, 1.165) is 10.4 Å². The lowest BCUT2D eigenvalue weighted by atomic mass is 10.2. The molecule has 1 amide bonds. The Bertz CT molecular complexity index is 1180. The highest BCUT2D eigenvalue weighted by atomic mass is 28.4. The maximum Gasteiger partial charge on any atom is 0.407 e. The minimum absolute atomic E-state index is 0.131. The number of rotatable bonds is 10. The molecule has 7 heteroatoms. The van der Waals surface area contributed by atoms with E-state index in [1.54, 1.807) is 24.3 Å². The molecule has 0 radical (unpaired) electrons. The van der Waals surface area contributed by atoms with Crippen molar-refractivity contribution < 1.29 is 28.0 Å². The molecule has 1 atom stereocenters. The van der Waals surface area contributed by atoms with E-state index in [1.807, 2.05) is 87.5 Å². The molecule has 0 saturated heterocycles. The van der Waals surface area contributed by atoms with Crippen molar-refractivity contribution in [3.8, 4) is 0 Å². The molecule has 35 heavy (non-hydrogen) atoms. The van der Waals surface area contributed by atoms with E-state index in [4.69, 9.17) is 13.3 Å². The number of hydrogen-bond acceptors (Lipinski definition) is 4. The summed E-state index contributed by atoms with van der Waals surface area (Å²) < 4.78 is 37.2. The number of amides is 1. The first-order valence-corrected chi connectivity index (χ1v) is 13.2. The fourth-order valence-electron chi connectivity index (χ4n) is 4.06. The van der Waals surface area contributed by atoms with Crippen LogP contribution in [-0.2, 0) is 20.6 Å². The number of carbonyl (C=O) groups excluding carboxylic acids is 1. The van der Waals surface area contributed by atoms with Crippen LogP contribution in [0.25, 0.3) is 0 Å².